The topological polar surface area (TPSA) is 35.6 Å². The van der Waals surface area contributed by atoms with Crippen molar-refractivity contribution in [3.8, 4) is 0 Å². The molecule has 1 amide bonds. The van der Waals surface area contributed by atoms with Gasteiger partial charge in [-0.3, -0.25) is 4.79 Å². The average Bonchev–Trinajstić information content (AvgIpc) is 2.56. The lowest BCUT2D eigenvalue weighted by Crippen LogP contribution is -2.51. The number of benzene rings is 1. The molecule has 0 radical (unpaired) electrons. The van der Waals surface area contributed by atoms with E-state index >= 15 is 0 Å². The molecule has 20 heavy (non-hydrogen) atoms. The fourth-order valence-corrected chi connectivity index (χ4v) is 3.15. The predicted molar refractivity (Wildman–Crippen MR) is 80.8 cm³/mol. The van der Waals surface area contributed by atoms with Gasteiger partial charge in [0.05, 0.1) is 0 Å². The van der Waals surface area contributed by atoms with Gasteiger partial charge in [-0.1, -0.05) is 18.2 Å². The van der Waals surface area contributed by atoms with Gasteiger partial charge in [0.1, 0.15) is 0 Å². The van der Waals surface area contributed by atoms with Crippen molar-refractivity contribution >= 4 is 11.6 Å². The summed E-state index contributed by atoms with van der Waals surface area (Å²) in [6.45, 7) is 5.58. The van der Waals surface area contributed by atoms with Crippen LogP contribution in [0, 0.1) is 5.92 Å². The Morgan fingerprint density at radius 1 is 1.00 bits per heavy atom. The second-order valence-electron chi connectivity index (χ2n) is 5.67. The van der Waals surface area contributed by atoms with Crippen LogP contribution in [0.15, 0.2) is 30.3 Å². The molecule has 1 aromatic carbocycles. The van der Waals surface area contributed by atoms with Crippen LogP contribution in [0.4, 0.5) is 5.69 Å². The lowest BCUT2D eigenvalue weighted by molar-refractivity contribution is -0.136. The molecule has 4 heteroatoms. The molecular weight excluding hydrogens is 250 g/mol. The van der Waals surface area contributed by atoms with Crippen LogP contribution in [-0.4, -0.2) is 50.1 Å². The fourth-order valence-electron chi connectivity index (χ4n) is 3.15. The number of piperazine rings is 1. The molecule has 0 bridgehead atoms. The van der Waals surface area contributed by atoms with Crippen LogP contribution in [0.25, 0.3) is 0 Å². The molecule has 2 heterocycles. The molecule has 108 valence electrons. The molecule has 0 spiro atoms. The third kappa shape index (κ3) is 2.96. The Labute approximate surface area is 120 Å². The van der Waals surface area contributed by atoms with E-state index in [1.165, 1.54) is 5.69 Å². The number of nitrogens with zero attached hydrogens (tertiary/aromatic N) is 2. The van der Waals surface area contributed by atoms with Crippen LogP contribution in [0.5, 0.6) is 0 Å². The molecule has 4 nitrogen and oxygen atoms in total. The number of rotatable bonds is 2. The third-order valence-electron chi connectivity index (χ3n) is 4.40. The minimum Gasteiger partial charge on any atom is -0.368 e. The molecule has 2 aliphatic heterocycles. The maximum absolute atomic E-state index is 12.5. The van der Waals surface area contributed by atoms with Crippen LogP contribution >= 0.6 is 0 Å². The van der Waals surface area contributed by atoms with Gasteiger partial charge in [0.2, 0.25) is 5.91 Å². The Balaban J connectivity index is 1.54. The van der Waals surface area contributed by atoms with Crippen molar-refractivity contribution in [2.45, 2.75) is 12.8 Å². The molecule has 0 atom stereocenters. The maximum Gasteiger partial charge on any atom is 0.225 e. The van der Waals surface area contributed by atoms with E-state index in [9.17, 15) is 4.79 Å². The summed E-state index contributed by atoms with van der Waals surface area (Å²) < 4.78 is 0. The second kappa shape index (κ2) is 6.27. The molecule has 1 aromatic rings. The van der Waals surface area contributed by atoms with E-state index in [-0.39, 0.29) is 5.92 Å². The number of hydrogen-bond acceptors (Lipinski definition) is 3. The molecule has 0 unspecified atom stereocenters. The quantitative estimate of drug-likeness (QED) is 0.883. The van der Waals surface area contributed by atoms with E-state index in [0.29, 0.717) is 5.91 Å². The lowest BCUT2D eigenvalue weighted by Gasteiger charge is -2.38. The monoisotopic (exact) mass is 273 g/mol. The zero-order valence-corrected chi connectivity index (χ0v) is 11.9. The van der Waals surface area contributed by atoms with Gasteiger partial charge >= 0.3 is 0 Å². The molecule has 2 fully saturated rings. The molecule has 2 saturated heterocycles. The van der Waals surface area contributed by atoms with E-state index in [4.69, 9.17) is 0 Å². The first-order valence-electron chi connectivity index (χ1n) is 7.64. The highest BCUT2D eigenvalue weighted by atomic mass is 16.2. The number of carbonyl (C=O) groups excluding carboxylic acids is 1. The Hall–Kier alpha value is -1.55. The van der Waals surface area contributed by atoms with Crippen molar-refractivity contribution in [3.05, 3.63) is 30.3 Å². The predicted octanol–water partition coefficient (Wildman–Crippen LogP) is 1.33. The molecule has 2 aliphatic rings. The number of hydrogen-bond donors (Lipinski definition) is 1. The Bertz CT molecular complexity index is 434. The number of piperidine rings is 1. The van der Waals surface area contributed by atoms with Gasteiger partial charge < -0.3 is 15.1 Å². The summed E-state index contributed by atoms with van der Waals surface area (Å²) in [6.07, 6.45) is 2.00. The Morgan fingerprint density at radius 3 is 2.30 bits per heavy atom. The number of para-hydroxylation sites is 1. The van der Waals surface area contributed by atoms with Crippen molar-refractivity contribution < 1.29 is 4.79 Å². The van der Waals surface area contributed by atoms with Crippen LogP contribution in [0.3, 0.4) is 0 Å². The second-order valence-corrected chi connectivity index (χ2v) is 5.67. The van der Waals surface area contributed by atoms with Crippen LogP contribution in [0.2, 0.25) is 0 Å². The summed E-state index contributed by atoms with van der Waals surface area (Å²) in [5.41, 5.74) is 1.27. The number of carbonyl (C=O) groups is 1. The lowest BCUT2D eigenvalue weighted by atomic mass is 9.96. The molecule has 0 aliphatic carbocycles. The van der Waals surface area contributed by atoms with Crippen LogP contribution < -0.4 is 10.2 Å². The highest BCUT2D eigenvalue weighted by Gasteiger charge is 2.28. The Morgan fingerprint density at radius 2 is 1.65 bits per heavy atom. The van der Waals surface area contributed by atoms with E-state index in [1.54, 1.807) is 0 Å². The van der Waals surface area contributed by atoms with Crippen molar-refractivity contribution in [1.29, 1.82) is 0 Å². The van der Waals surface area contributed by atoms with Gasteiger partial charge in [-0.2, -0.15) is 0 Å². The zero-order chi connectivity index (χ0) is 13.8. The van der Waals surface area contributed by atoms with E-state index in [0.717, 1.165) is 52.1 Å². The molecule has 1 N–H and O–H groups in total. The van der Waals surface area contributed by atoms with E-state index in [2.05, 4.69) is 39.4 Å². The largest absolute Gasteiger partial charge is 0.368 e. The summed E-state index contributed by atoms with van der Waals surface area (Å²) in [5, 5.41) is 3.32. The minimum absolute atomic E-state index is 0.250. The summed E-state index contributed by atoms with van der Waals surface area (Å²) >= 11 is 0. The van der Waals surface area contributed by atoms with Crippen molar-refractivity contribution in [2.75, 3.05) is 44.2 Å². The van der Waals surface area contributed by atoms with Gasteiger partial charge in [0.25, 0.3) is 0 Å². The third-order valence-corrected chi connectivity index (χ3v) is 4.40. The summed E-state index contributed by atoms with van der Waals surface area (Å²) in [7, 11) is 0. The molecular formula is C16H23N3O. The first kappa shape index (κ1) is 13.4. The van der Waals surface area contributed by atoms with Crippen LogP contribution in [-0.2, 0) is 4.79 Å². The number of nitrogens with one attached hydrogen (secondary N) is 1. The summed E-state index contributed by atoms with van der Waals surface area (Å²) in [6, 6.07) is 10.5. The van der Waals surface area contributed by atoms with Crippen molar-refractivity contribution in [3.63, 3.8) is 0 Å². The van der Waals surface area contributed by atoms with Crippen LogP contribution in [0.1, 0.15) is 12.8 Å². The smallest absolute Gasteiger partial charge is 0.225 e. The summed E-state index contributed by atoms with van der Waals surface area (Å²) in [5.74, 6) is 0.624. The maximum atomic E-state index is 12.5. The summed E-state index contributed by atoms with van der Waals surface area (Å²) in [4.78, 5) is 16.9. The van der Waals surface area contributed by atoms with Crippen molar-refractivity contribution in [1.82, 2.24) is 10.2 Å². The SMILES string of the molecule is O=C(C1CCNCC1)N1CCN(c2ccccc2)CC1. The highest BCUT2D eigenvalue weighted by molar-refractivity contribution is 5.79. The first-order valence-corrected chi connectivity index (χ1v) is 7.64. The highest BCUT2D eigenvalue weighted by Crippen LogP contribution is 2.19. The fraction of sp³-hybridized carbons (Fsp3) is 0.562. The van der Waals surface area contributed by atoms with Gasteiger partial charge in [0, 0.05) is 37.8 Å². The van der Waals surface area contributed by atoms with E-state index in [1.807, 2.05) is 6.07 Å². The zero-order valence-electron chi connectivity index (χ0n) is 11.9. The standard InChI is InChI=1S/C16H23N3O/c20-16(14-6-8-17-9-7-14)19-12-10-18(11-13-19)15-4-2-1-3-5-15/h1-5,14,17H,6-13H2. The molecule has 0 aromatic heterocycles. The van der Waals surface area contributed by atoms with Gasteiger partial charge in [-0.15, -0.1) is 0 Å². The average molecular weight is 273 g/mol. The number of anilines is 1. The Kier molecular flexibility index (Phi) is 4.21. The van der Waals surface area contributed by atoms with Gasteiger partial charge in [-0.05, 0) is 38.1 Å². The van der Waals surface area contributed by atoms with Gasteiger partial charge in [0.15, 0.2) is 0 Å². The molecule has 3 rings (SSSR count). The van der Waals surface area contributed by atoms with Crippen molar-refractivity contribution in [2.24, 2.45) is 5.92 Å². The number of amides is 1. The normalized spacial score (nSPS) is 21.0. The van der Waals surface area contributed by atoms with Gasteiger partial charge in [-0.25, -0.2) is 0 Å². The van der Waals surface area contributed by atoms with E-state index < -0.39 is 0 Å². The minimum atomic E-state index is 0.250. The first-order chi connectivity index (χ1) is 9.84. The molecule has 0 saturated carbocycles.